The topological polar surface area (TPSA) is 140 Å². The van der Waals surface area contributed by atoms with E-state index in [9.17, 15) is 9.90 Å². The molecular formula is C22H26BrN5O5. The zero-order valence-corrected chi connectivity index (χ0v) is 19.7. The van der Waals surface area contributed by atoms with Crippen molar-refractivity contribution in [2.75, 3.05) is 51.8 Å². The number of ether oxygens (including phenoxy) is 1. The number of aromatic hydroxyl groups is 1. The lowest BCUT2D eigenvalue weighted by Gasteiger charge is -2.14. The number of nitrogens with zero attached hydrogens (tertiary/aromatic N) is 2. The Bertz CT molecular complexity index is 1340. The number of aliphatic hydroxyl groups is 2. The summed E-state index contributed by atoms with van der Waals surface area (Å²) in [4.78, 5) is 13.8. The van der Waals surface area contributed by atoms with Crippen molar-refractivity contribution in [3.63, 3.8) is 0 Å². The van der Waals surface area contributed by atoms with Crippen molar-refractivity contribution < 1.29 is 20.1 Å². The van der Waals surface area contributed by atoms with Crippen LogP contribution in [0.5, 0.6) is 11.5 Å². The van der Waals surface area contributed by atoms with Gasteiger partial charge in [-0.25, -0.2) is 4.52 Å². The van der Waals surface area contributed by atoms with E-state index < -0.39 is 0 Å². The Kier molecular flexibility index (Phi) is 7.15. The Morgan fingerprint density at radius 3 is 2.55 bits per heavy atom. The lowest BCUT2D eigenvalue weighted by molar-refractivity contribution is 0.291. The number of rotatable bonds is 11. The highest BCUT2D eigenvalue weighted by Crippen LogP contribution is 2.40. The molecule has 0 radical (unpaired) electrons. The van der Waals surface area contributed by atoms with Gasteiger partial charge in [0.05, 0.1) is 46.8 Å². The molecule has 0 spiro atoms. The summed E-state index contributed by atoms with van der Waals surface area (Å²) in [6.07, 6.45) is 0. The number of aromatic nitrogens is 2. The number of fused-ring (bicyclic) bond motifs is 2. The third-order valence-corrected chi connectivity index (χ3v) is 6.05. The summed E-state index contributed by atoms with van der Waals surface area (Å²) in [7, 11) is 1.47. The fourth-order valence-corrected chi connectivity index (χ4v) is 4.65. The number of pyridine rings is 1. The van der Waals surface area contributed by atoms with Crippen LogP contribution in [0.4, 0.5) is 5.69 Å². The number of phenolic OH excluding ortho intramolecular Hbond substituents is 1. The van der Waals surface area contributed by atoms with Crippen LogP contribution in [0.3, 0.4) is 0 Å². The lowest BCUT2D eigenvalue weighted by Crippen LogP contribution is -2.25. The van der Waals surface area contributed by atoms with Gasteiger partial charge in [-0.2, -0.15) is 5.10 Å². The Hall–Kier alpha value is -2.70. The highest BCUT2D eigenvalue weighted by Gasteiger charge is 2.24. The lowest BCUT2D eigenvalue weighted by atomic mass is 10.0. The largest absolute Gasteiger partial charge is 0.506 e. The van der Waals surface area contributed by atoms with Crippen LogP contribution in [0.2, 0.25) is 0 Å². The van der Waals surface area contributed by atoms with Crippen LogP contribution < -0.4 is 26.1 Å². The van der Waals surface area contributed by atoms with Gasteiger partial charge in [0.2, 0.25) is 5.43 Å². The molecule has 10 nitrogen and oxygen atoms in total. The van der Waals surface area contributed by atoms with Crippen LogP contribution in [-0.2, 0) is 6.54 Å². The average molecular weight is 520 g/mol. The third kappa shape index (κ3) is 4.18. The number of hydrogen-bond donors (Lipinski definition) is 6. The summed E-state index contributed by atoms with van der Waals surface area (Å²) < 4.78 is 7.57. The Morgan fingerprint density at radius 2 is 1.82 bits per heavy atom. The number of phenols is 1. The van der Waals surface area contributed by atoms with Gasteiger partial charge in [-0.1, -0.05) is 0 Å². The van der Waals surface area contributed by atoms with Gasteiger partial charge in [0.25, 0.3) is 0 Å². The minimum atomic E-state index is -0.280. The maximum atomic E-state index is 13.8. The predicted octanol–water partition coefficient (Wildman–Crippen LogP) is 0.991. The molecular weight excluding hydrogens is 494 g/mol. The first-order valence-electron chi connectivity index (χ1n) is 10.6. The quantitative estimate of drug-likeness (QED) is 0.126. The molecule has 0 amide bonds. The fraction of sp³-hybridized carbons (Fsp3) is 0.364. The average Bonchev–Trinajstić information content (AvgIpc) is 3.16. The molecule has 2 aromatic carbocycles. The summed E-state index contributed by atoms with van der Waals surface area (Å²) in [5, 5.41) is 44.5. The number of hydrogen-bond acceptors (Lipinski definition) is 9. The molecule has 33 heavy (non-hydrogen) atoms. The minimum absolute atomic E-state index is 0.00436. The summed E-state index contributed by atoms with van der Waals surface area (Å²) in [5.74, 6) is 0.226. The molecule has 4 rings (SSSR count). The van der Waals surface area contributed by atoms with E-state index >= 15 is 0 Å². The van der Waals surface area contributed by atoms with Crippen LogP contribution in [-0.4, -0.2) is 71.4 Å². The molecule has 176 valence electrons. The number of anilines is 1. The summed E-state index contributed by atoms with van der Waals surface area (Å²) in [5.41, 5.74) is 1.92. The van der Waals surface area contributed by atoms with Gasteiger partial charge in [-0.3, -0.25) is 4.79 Å². The number of nitrogens with one attached hydrogen (secondary N) is 3. The standard InChI is InChI=1S/C22H26BrN5O5/c1-33-22-13(23)10-16(31)20-18(22)21(32)17-14(26-5-4-24-6-8-29)3-2-12-15(11-25-7-9-30)27-28(20)19(12)17/h2-3,10,24-26,29-31H,4-9,11H2,1H3. The second-order valence-corrected chi connectivity index (χ2v) is 8.36. The zero-order chi connectivity index (χ0) is 23.5. The van der Waals surface area contributed by atoms with Crippen molar-refractivity contribution in [3.8, 4) is 11.5 Å². The maximum Gasteiger partial charge on any atom is 0.203 e. The summed E-state index contributed by atoms with van der Waals surface area (Å²) in [6, 6.07) is 5.23. The highest BCUT2D eigenvalue weighted by atomic mass is 79.9. The summed E-state index contributed by atoms with van der Waals surface area (Å²) >= 11 is 3.38. The number of methoxy groups -OCH3 is 1. The van der Waals surface area contributed by atoms with E-state index in [0.717, 1.165) is 5.39 Å². The first-order valence-corrected chi connectivity index (χ1v) is 11.4. The smallest absolute Gasteiger partial charge is 0.203 e. The second kappa shape index (κ2) is 10.1. The zero-order valence-electron chi connectivity index (χ0n) is 18.1. The monoisotopic (exact) mass is 519 g/mol. The minimum Gasteiger partial charge on any atom is -0.506 e. The molecule has 2 aromatic heterocycles. The van der Waals surface area contributed by atoms with Gasteiger partial charge in [0, 0.05) is 49.9 Å². The van der Waals surface area contributed by atoms with E-state index in [0.29, 0.717) is 65.2 Å². The molecule has 0 saturated heterocycles. The normalized spacial score (nSPS) is 11.8. The molecule has 0 fully saturated rings. The number of benzene rings is 2. The van der Waals surface area contributed by atoms with Crippen molar-refractivity contribution in [2.24, 2.45) is 0 Å². The Labute approximate surface area is 197 Å². The van der Waals surface area contributed by atoms with Crippen molar-refractivity contribution in [3.05, 3.63) is 38.6 Å². The van der Waals surface area contributed by atoms with Gasteiger partial charge in [0.15, 0.2) is 0 Å². The van der Waals surface area contributed by atoms with Crippen LogP contribution in [0.15, 0.2) is 27.5 Å². The van der Waals surface area contributed by atoms with Gasteiger partial charge < -0.3 is 36.0 Å². The van der Waals surface area contributed by atoms with Gasteiger partial charge in [0.1, 0.15) is 17.0 Å². The predicted molar refractivity (Wildman–Crippen MR) is 131 cm³/mol. The van der Waals surface area contributed by atoms with Gasteiger partial charge >= 0.3 is 0 Å². The molecule has 0 aliphatic rings. The van der Waals surface area contributed by atoms with Gasteiger partial charge in [-0.05, 0) is 28.1 Å². The molecule has 4 aromatic rings. The van der Waals surface area contributed by atoms with E-state index in [-0.39, 0.29) is 35.3 Å². The van der Waals surface area contributed by atoms with Gasteiger partial charge in [-0.15, -0.1) is 0 Å². The molecule has 0 saturated carbocycles. The molecule has 0 aliphatic carbocycles. The maximum absolute atomic E-state index is 13.8. The molecule has 0 unspecified atom stereocenters. The van der Waals surface area contributed by atoms with Crippen molar-refractivity contribution in [1.82, 2.24) is 20.2 Å². The van der Waals surface area contributed by atoms with Crippen molar-refractivity contribution in [2.45, 2.75) is 6.54 Å². The van der Waals surface area contributed by atoms with E-state index in [4.69, 9.17) is 20.0 Å². The molecule has 6 N–H and O–H groups in total. The summed E-state index contributed by atoms with van der Waals surface area (Å²) in [6.45, 7) is 2.48. The highest BCUT2D eigenvalue weighted by molar-refractivity contribution is 9.10. The van der Waals surface area contributed by atoms with Crippen molar-refractivity contribution >= 4 is 48.8 Å². The first-order chi connectivity index (χ1) is 16.0. The van der Waals surface area contributed by atoms with Crippen LogP contribution in [0.25, 0.3) is 27.2 Å². The molecule has 0 atom stereocenters. The fourth-order valence-electron chi connectivity index (χ4n) is 4.07. The van der Waals surface area contributed by atoms with E-state index in [1.165, 1.54) is 13.2 Å². The van der Waals surface area contributed by atoms with Crippen molar-refractivity contribution in [1.29, 1.82) is 0 Å². The SMILES string of the molecule is COc1c(Br)cc(O)c2c1c(=O)c1c(NCCNCCO)ccc3c(CNCCO)nn2c31. The Balaban J connectivity index is 1.98. The van der Waals surface area contributed by atoms with Crippen LogP contribution >= 0.6 is 15.9 Å². The number of aliphatic hydroxyl groups excluding tert-OH is 2. The molecule has 2 heterocycles. The van der Waals surface area contributed by atoms with Crippen LogP contribution in [0, 0.1) is 0 Å². The first kappa shape index (κ1) is 23.5. The van der Waals surface area contributed by atoms with E-state index in [1.54, 1.807) is 4.52 Å². The van der Waals surface area contributed by atoms with Crippen LogP contribution in [0.1, 0.15) is 5.69 Å². The van der Waals surface area contributed by atoms with E-state index in [2.05, 4.69) is 31.9 Å². The molecule has 11 heteroatoms. The third-order valence-electron chi connectivity index (χ3n) is 5.47. The second-order valence-electron chi connectivity index (χ2n) is 7.51. The van der Waals surface area contributed by atoms with E-state index in [1.807, 2.05) is 12.1 Å². The Morgan fingerprint density at radius 1 is 1.06 bits per heavy atom. The molecule has 0 bridgehead atoms. The number of halogens is 1. The molecule has 0 aliphatic heterocycles.